The smallest absolute Gasteiger partial charge is 0.335 e. The molecule has 1 aliphatic rings. The fraction of sp³-hybridized carbons (Fsp3) is 0.364. The largest absolute Gasteiger partial charge is 0.478 e. The van der Waals surface area contributed by atoms with Gasteiger partial charge in [-0.3, -0.25) is 4.79 Å². The summed E-state index contributed by atoms with van der Waals surface area (Å²) in [4.78, 5) is 23.8. The molecule has 0 heterocycles. The van der Waals surface area contributed by atoms with E-state index in [9.17, 15) is 9.59 Å². The van der Waals surface area contributed by atoms with Gasteiger partial charge in [0.25, 0.3) is 0 Å². The number of hydrogen-bond acceptors (Lipinski definition) is 2. The Morgan fingerprint density at radius 2 is 1.28 bits per heavy atom. The van der Waals surface area contributed by atoms with E-state index >= 15 is 0 Å². The van der Waals surface area contributed by atoms with Gasteiger partial charge in [0.1, 0.15) is 0 Å². The number of carbonyl (C=O) groups excluding carboxylic acids is 1. The molecule has 0 fully saturated rings. The summed E-state index contributed by atoms with van der Waals surface area (Å²) in [6, 6.07) is 12.1. The molecule has 2 aromatic rings. The lowest BCUT2D eigenvalue weighted by Gasteiger charge is -2.32. The van der Waals surface area contributed by atoms with Gasteiger partial charge in [0.15, 0.2) is 5.78 Å². The SMILES string of the molecule is CC1C(C)(C)c2ccc(C(=O)c3ccc(C(=O)O)cc3)cc2C1(C)C. The van der Waals surface area contributed by atoms with E-state index in [4.69, 9.17) is 5.11 Å². The van der Waals surface area contributed by atoms with Crippen molar-refractivity contribution >= 4 is 11.8 Å². The Balaban J connectivity index is 2.02. The van der Waals surface area contributed by atoms with Gasteiger partial charge in [-0.25, -0.2) is 4.79 Å². The van der Waals surface area contributed by atoms with E-state index in [-0.39, 0.29) is 22.2 Å². The number of hydrogen-bond donors (Lipinski definition) is 1. The molecule has 3 rings (SSSR count). The second kappa shape index (κ2) is 5.55. The predicted molar refractivity (Wildman–Crippen MR) is 98.5 cm³/mol. The number of carbonyl (C=O) groups is 2. The molecule has 130 valence electrons. The molecule has 3 nitrogen and oxygen atoms in total. The lowest BCUT2D eigenvalue weighted by molar-refractivity contribution is 0.0696. The van der Waals surface area contributed by atoms with Crippen LogP contribution in [0, 0.1) is 5.92 Å². The van der Waals surface area contributed by atoms with Crippen molar-refractivity contribution in [1.29, 1.82) is 0 Å². The Kier molecular flexibility index (Phi) is 3.86. The number of rotatable bonds is 3. The second-order valence-electron chi connectivity index (χ2n) is 8.14. The van der Waals surface area contributed by atoms with Crippen molar-refractivity contribution in [2.45, 2.75) is 45.4 Å². The molecule has 0 amide bonds. The quantitative estimate of drug-likeness (QED) is 0.818. The maximum Gasteiger partial charge on any atom is 0.335 e. The third-order valence-corrected chi connectivity index (χ3v) is 6.23. The van der Waals surface area contributed by atoms with Crippen molar-refractivity contribution in [1.82, 2.24) is 0 Å². The molecule has 1 unspecified atom stereocenters. The zero-order valence-corrected chi connectivity index (χ0v) is 15.4. The Morgan fingerprint density at radius 3 is 1.84 bits per heavy atom. The highest BCUT2D eigenvalue weighted by atomic mass is 16.4. The normalized spacial score (nSPS) is 20.1. The van der Waals surface area contributed by atoms with Crippen LogP contribution < -0.4 is 0 Å². The maximum absolute atomic E-state index is 12.8. The van der Waals surface area contributed by atoms with Gasteiger partial charge in [-0.1, -0.05) is 58.9 Å². The van der Waals surface area contributed by atoms with Gasteiger partial charge in [-0.2, -0.15) is 0 Å². The lowest BCUT2D eigenvalue weighted by atomic mass is 9.71. The topological polar surface area (TPSA) is 54.4 Å². The number of ketones is 1. The van der Waals surface area contributed by atoms with Crippen LogP contribution in [0.3, 0.4) is 0 Å². The molecular formula is C22H24O3. The van der Waals surface area contributed by atoms with Gasteiger partial charge in [0.05, 0.1) is 5.56 Å². The summed E-state index contributed by atoms with van der Waals surface area (Å²) in [6.07, 6.45) is 0. The molecule has 1 atom stereocenters. The first-order valence-electron chi connectivity index (χ1n) is 8.60. The van der Waals surface area contributed by atoms with Gasteiger partial charge < -0.3 is 5.11 Å². The molecule has 3 heteroatoms. The van der Waals surface area contributed by atoms with Crippen LogP contribution in [0.15, 0.2) is 42.5 Å². The monoisotopic (exact) mass is 336 g/mol. The van der Waals surface area contributed by atoms with Crippen molar-refractivity contribution < 1.29 is 14.7 Å². The van der Waals surface area contributed by atoms with E-state index in [1.54, 1.807) is 12.1 Å². The van der Waals surface area contributed by atoms with Gasteiger partial charge in [0.2, 0.25) is 0 Å². The van der Waals surface area contributed by atoms with E-state index in [0.29, 0.717) is 17.0 Å². The second-order valence-corrected chi connectivity index (χ2v) is 8.14. The predicted octanol–water partition coefficient (Wildman–Crippen LogP) is 4.82. The fourth-order valence-corrected chi connectivity index (χ4v) is 4.08. The van der Waals surface area contributed by atoms with Crippen molar-refractivity contribution in [3.8, 4) is 0 Å². The summed E-state index contributed by atoms with van der Waals surface area (Å²) >= 11 is 0. The summed E-state index contributed by atoms with van der Waals surface area (Å²) in [5.74, 6) is -0.599. The molecule has 0 saturated carbocycles. The first kappa shape index (κ1) is 17.4. The zero-order chi connectivity index (χ0) is 18.6. The summed E-state index contributed by atoms with van der Waals surface area (Å²) in [7, 11) is 0. The van der Waals surface area contributed by atoms with E-state index in [1.165, 1.54) is 23.3 Å². The summed E-state index contributed by atoms with van der Waals surface area (Å²) in [5, 5.41) is 8.98. The van der Waals surface area contributed by atoms with Crippen LogP contribution in [0.5, 0.6) is 0 Å². The summed E-state index contributed by atoms with van der Waals surface area (Å²) in [5.41, 5.74) is 3.96. The highest BCUT2D eigenvalue weighted by Gasteiger charge is 2.48. The zero-order valence-electron chi connectivity index (χ0n) is 15.4. The molecule has 25 heavy (non-hydrogen) atoms. The highest BCUT2D eigenvalue weighted by Crippen LogP contribution is 2.53. The van der Waals surface area contributed by atoms with Crippen LogP contribution in [0.4, 0.5) is 0 Å². The van der Waals surface area contributed by atoms with Crippen molar-refractivity contribution in [2.24, 2.45) is 5.92 Å². The fourth-order valence-electron chi connectivity index (χ4n) is 4.08. The van der Waals surface area contributed by atoms with Gasteiger partial charge in [-0.05, 0) is 46.1 Å². The third kappa shape index (κ3) is 2.58. The average Bonchev–Trinajstić information content (AvgIpc) is 2.72. The highest BCUT2D eigenvalue weighted by molar-refractivity contribution is 6.09. The number of carboxylic acids is 1. The Labute approximate surface area is 148 Å². The van der Waals surface area contributed by atoms with E-state index < -0.39 is 5.97 Å². The number of fused-ring (bicyclic) bond motifs is 1. The lowest BCUT2D eigenvalue weighted by Crippen LogP contribution is -2.30. The van der Waals surface area contributed by atoms with Crippen LogP contribution in [-0.4, -0.2) is 16.9 Å². The molecule has 0 aromatic heterocycles. The van der Waals surface area contributed by atoms with E-state index in [1.807, 2.05) is 12.1 Å². The van der Waals surface area contributed by atoms with E-state index in [2.05, 4.69) is 40.7 Å². The van der Waals surface area contributed by atoms with Crippen LogP contribution in [0.25, 0.3) is 0 Å². The third-order valence-electron chi connectivity index (χ3n) is 6.23. The van der Waals surface area contributed by atoms with Crippen LogP contribution in [0.1, 0.15) is 72.0 Å². The minimum atomic E-state index is -0.991. The van der Waals surface area contributed by atoms with Crippen LogP contribution >= 0.6 is 0 Å². The first-order valence-corrected chi connectivity index (χ1v) is 8.60. The maximum atomic E-state index is 12.8. The van der Waals surface area contributed by atoms with Crippen molar-refractivity contribution in [3.63, 3.8) is 0 Å². The summed E-state index contributed by atoms with van der Waals surface area (Å²) in [6.45, 7) is 11.3. The Morgan fingerprint density at radius 1 is 0.800 bits per heavy atom. The molecule has 1 aliphatic carbocycles. The summed E-state index contributed by atoms with van der Waals surface area (Å²) < 4.78 is 0. The molecule has 0 aliphatic heterocycles. The van der Waals surface area contributed by atoms with Gasteiger partial charge in [0, 0.05) is 11.1 Å². The Hall–Kier alpha value is -2.42. The van der Waals surface area contributed by atoms with Gasteiger partial charge in [-0.15, -0.1) is 0 Å². The molecule has 0 saturated heterocycles. The van der Waals surface area contributed by atoms with Crippen LogP contribution in [0.2, 0.25) is 0 Å². The Bertz CT molecular complexity index is 857. The number of benzene rings is 2. The van der Waals surface area contributed by atoms with Gasteiger partial charge >= 0.3 is 5.97 Å². The van der Waals surface area contributed by atoms with Crippen molar-refractivity contribution in [2.75, 3.05) is 0 Å². The molecule has 2 aromatic carbocycles. The molecule has 1 N–H and O–H groups in total. The average molecular weight is 336 g/mol. The number of aromatic carboxylic acids is 1. The molecular weight excluding hydrogens is 312 g/mol. The number of carboxylic acid groups (broad SMARTS) is 1. The van der Waals surface area contributed by atoms with Crippen LogP contribution in [-0.2, 0) is 10.8 Å². The first-order chi connectivity index (χ1) is 11.6. The molecule has 0 bridgehead atoms. The standard InChI is InChI=1S/C22H24O3/c1-13-21(2,3)17-11-10-16(12-18(17)22(13,4)5)19(23)14-6-8-15(9-7-14)20(24)25/h6-13H,1-5H3,(H,24,25). The van der Waals surface area contributed by atoms with E-state index in [0.717, 1.165) is 0 Å². The minimum Gasteiger partial charge on any atom is -0.478 e. The minimum absolute atomic E-state index is 0.00227. The molecule has 0 radical (unpaired) electrons. The molecule has 0 spiro atoms. The van der Waals surface area contributed by atoms with Crippen molar-refractivity contribution in [3.05, 3.63) is 70.3 Å².